The van der Waals surface area contributed by atoms with E-state index in [1.165, 1.54) is 0 Å². The van der Waals surface area contributed by atoms with Gasteiger partial charge >= 0.3 is 0 Å². The smallest absolute Gasteiger partial charge is 0.143 e. The molecule has 2 aromatic rings. The number of methoxy groups -OCH3 is 2. The monoisotopic (exact) mass is 220 g/mol. The number of benzene rings is 1. The summed E-state index contributed by atoms with van der Waals surface area (Å²) in [7, 11) is 3.32. The molecular formula is C12H16N2O2. The van der Waals surface area contributed by atoms with Gasteiger partial charge in [-0.3, -0.25) is 0 Å². The van der Waals surface area contributed by atoms with Crippen LogP contribution in [0.3, 0.4) is 0 Å². The molecule has 1 aromatic carbocycles. The summed E-state index contributed by atoms with van der Waals surface area (Å²) in [6.45, 7) is 0.618. The summed E-state index contributed by atoms with van der Waals surface area (Å²) < 4.78 is 10.7. The summed E-state index contributed by atoms with van der Waals surface area (Å²) in [4.78, 5) is 3.21. The molecule has 0 radical (unpaired) electrons. The first-order valence-electron chi connectivity index (χ1n) is 5.22. The summed E-state index contributed by atoms with van der Waals surface area (Å²) in [5, 5.41) is 1.06. The highest BCUT2D eigenvalue weighted by atomic mass is 16.5. The lowest BCUT2D eigenvalue weighted by Gasteiger charge is -2.07. The standard InChI is InChI=1S/C12H16N2O2/c1-15-9-3-4-10(16-2)12-11(9)8(5-6-13)7-14-12/h3-4,7,14H,5-6,13H2,1-2H3. The number of hydrogen-bond acceptors (Lipinski definition) is 3. The summed E-state index contributed by atoms with van der Waals surface area (Å²) in [6.07, 6.45) is 2.78. The Labute approximate surface area is 94.3 Å². The van der Waals surface area contributed by atoms with Crippen molar-refractivity contribution >= 4 is 10.9 Å². The number of rotatable bonds is 4. The highest BCUT2D eigenvalue weighted by Gasteiger charge is 2.12. The third kappa shape index (κ3) is 1.61. The van der Waals surface area contributed by atoms with Crippen molar-refractivity contribution in [1.29, 1.82) is 0 Å². The molecule has 0 aliphatic heterocycles. The van der Waals surface area contributed by atoms with E-state index < -0.39 is 0 Å². The normalized spacial score (nSPS) is 10.7. The van der Waals surface area contributed by atoms with Gasteiger partial charge in [0.15, 0.2) is 0 Å². The van der Waals surface area contributed by atoms with Crippen LogP contribution in [0, 0.1) is 0 Å². The van der Waals surface area contributed by atoms with Crippen LogP contribution in [-0.4, -0.2) is 25.7 Å². The largest absolute Gasteiger partial charge is 0.496 e. The fraction of sp³-hybridized carbons (Fsp3) is 0.333. The van der Waals surface area contributed by atoms with Crippen molar-refractivity contribution in [2.45, 2.75) is 6.42 Å². The molecule has 0 atom stereocenters. The Morgan fingerprint density at radius 3 is 2.50 bits per heavy atom. The van der Waals surface area contributed by atoms with Gasteiger partial charge in [0, 0.05) is 11.6 Å². The van der Waals surface area contributed by atoms with Crippen molar-refractivity contribution in [3.05, 3.63) is 23.9 Å². The van der Waals surface area contributed by atoms with Crippen LogP contribution in [0.25, 0.3) is 10.9 Å². The van der Waals surface area contributed by atoms with Gasteiger partial charge in [-0.25, -0.2) is 0 Å². The highest BCUT2D eigenvalue weighted by Crippen LogP contribution is 2.34. The van der Waals surface area contributed by atoms with E-state index in [2.05, 4.69) is 4.98 Å². The summed E-state index contributed by atoms with van der Waals surface area (Å²) in [6, 6.07) is 3.80. The average Bonchev–Trinajstić information content (AvgIpc) is 2.73. The predicted molar refractivity (Wildman–Crippen MR) is 64.2 cm³/mol. The van der Waals surface area contributed by atoms with Crippen LogP contribution in [-0.2, 0) is 6.42 Å². The zero-order valence-corrected chi connectivity index (χ0v) is 9.54. The maximum Gasteiger partial charge on any atom is 0.143 e. The van der Waals surface area contributed by atoms with Crippen molar-refractivity contribution in [1.82, 2.24) is 4.98 Å². The third-order valence-corrected chi connectivity index (χ3v) is 2.69. The van der Waals surface area contributed by atoms with Gasteiger partial charge in [0.1, 0.15) is 11.5 Å². The molecule has 0 bridgehead atoms. The van der Waals surface area contributed by atoms with E-state index in [1.807, 2.05) is 18.3 Å². The van der Waals surface area contributed by atoms with Gasteiger partial charge in [0.05, 0.1) is 19.7 Å². The number of nitrogens with one attached hydrogen (secondary N) is 1. The first kappa shape index (κ1) is 10.8. The molecule has 0 saturated heterocycles. The fourth-order valence-electron chi connectivity index (χ4n) is 1.95. The minimum Gasteiger partial charge on any atom is -0.496 e. The van der Waals surface area contributed by atoms with Crippen LogP contribution in [0.1, 0.15) is 5.56 Å². The Hall–Kier alpha value is -1.68. The number of aromatic amines is 1. The molecule has 3 N–H and O–H groups in total. The van der Waals surface area contributed by atoms with Crippen LogP contribution in [0.4, 0.5) is 0 Å². The molecule has 16 heavy (non-hydrogen) atoms. The van der Waals surface area contributed by atoms with Crippen molar-refractivity contribution < 1.29 is 9.47 Å². The highest BCUT2D eigenvalue weighted by molar-refractivity contribution is 5.93. The van der Waals surface area contributed by atoms with Crippen molar-refractivity contribution in [2.24, 2.45) is 5.73 Å². The topological polar surface area (TPSA) is 60.3 Å². The molecule has 4 nitrogen and oxygen atoms in total. The van der Waals surface area contributed by atoms with Gasteiger partial charge in [0.25, 0.3) is 0 Å². The number of aromatic nitrogens is 1. The predicted octanol–water partition coefficient (Wildman–Crippen LogP) is 1.69. The van der Waals surface area contributed by atoms with Gasteiger partial charge < -0.3 is 20.2 Å². The SMILES string of the molecule is COc1ccc(OC)c2c(CCN)c[nH]c12. The minimum absolute atomic E-state index is 0.618. The van der Waals surface area contributed by atoms with Gasteiger partial charge in [0.2, 0.25) is 0 Å². The maximum atomic E-state index is 5.59. The van der Waals surface area contributed by atoms with Crippen molar-refractivity contribution in [3.63, 3.8) is 0 Å². The lowest BCUT2D eigenvalue weighted by atomic mass is 10.1. The zero-order valence-electron chi connectivity index (χ0n) is 9.54. The second kappa shape index (κ2) is 4.45. The lowest BCUT2D eigenvalue weighted by Crippen LogP contribution is -2.02. The van der Waals surface area contributed by atoms with E-state index in [4.69, 9.17) is 15.2 Å². The molecule has 1 heterocycles. The molecule has 0 aliphatic rings. The Morgan fingerprint density at radius 2 is 1.88 bits per heavy atom. The summed E-state index contributed by atoms with van der Waals surface area (Å²) in [5.74, 6) is 1.67. The number of fused-ring (bicyclic) bond motifs is 1. The molecule has 1 aromatic heterocycles. The lowest BCUT2D eigenvalue weighted by molar-refractivity contribution is 0.410. The van der Waals surface area contributed by atoms with E-state index in [1.54, 1.807) is 14.2 Å². The Kier molecular flexibility index (Phi) is 3.01. The van der Waals surface area contributed by atoms with Crippen LogP contribution < -0.4 is 15.2 Å². The van der Waals surface area contributed by atoms with E-state index in [-0.39, 0.29) is 0 Å². The van der Waals surface area contributed by atoms with E-state index in [0.717, 1.165) is 34.4 Å². The molecule has 4 heteroatoms. The minimum atomic E-state index is 0.618. The first-order chi connectivity index (χ1) is 7.81. The molecule has 0 fully saturated rings. The van der Waals surface area contributed by atoms with E-state index in [0.29, 0.717) is 6.54 Å². The maximum absolute atomic E-state index is 5.59. The summed E-state index contributed by atoms with van der Waals surface area (Å²) >= 11 is 0. The van der Waals surface area contributed by atoms with Crippen LogP contribution in [0.5, 0.6) is 11.5 Å². The van der Waals surface area contributed by atoms with Gasteiger partial charge in [-0.15, -0.1) is 0 Å². The second-order valence-electron chi connectivity index (χ2n) is 3.57. The van der Waals surface area contributed by atoms with Gasteiger partial charge in [-0.05, 0) is 30.7 Å². The molecule has 0 spiro atoms. The third-order valence-electron chi connectivity index (χ3n) is 2.69. The van der Waals surface area contributed by atoms with E-state index >= 15 is 0 Å². The molecule has 0 amide bonds. The second-order valence-corrected chi connectivity index (χ2v) is 3.57. The zero-order chi connectivity index (χ0) is 11.5. The van der Waals surface area contributed by atoms with E-state index in [9.17, 15) is 0 Å². The van der Waals surface area contributed by atoms with Crippen LogP contribution in [0.15, 0.2) is 18.3 Å². The molecular weight excluding hydrogens is 204 g/mol. The Balaban J connectivity index is 2.67. The number of ether oxygens (including phenoxy) is 2. The molecule has 86 valence electrons. The first-order valence-corrected chi connectivity index (χ1v) is 5.22. The van der Waals surface area contributed by atoms with Gasteiger partial charge in [-0.1, -0.05) is 0 Å². The molecule has 0 unspecified atom stereocenters. The van der Waals surface area contributed by atoms with Crippen molar-refractivity contribution in [3.8, 4) is 11.5 Å². The van der Waals surface area contributed by atoms with Crippen LogP contribution >= 0.6 is 0 Å². The quantitative estimate of drug-likeness (QED) is 0.824. The van der Waals surface area contributed by atoms with Crippen molar-refractivity contribution in [2.75, 3.05) is 20.8 Å². The molecule has 0 aliphatic carbocycles. The number of H-pyrrole nitrogens is 1. The number of nitrogens with two attached hydrogens (primary N) is 1. The Morgan fingerprint density at radius 1 is 1.19 bits per heavy atom. The molecule has 2 rings (SSSR count). The van der Waals surface area contributed by atoms with Crippen LogP contribution in [0.2, 0.25) is 0 Å². The number of hydrogen-bond donors (Lipinski definition) is 2. The summed E-state index contributed by atoms with van der Waals surface area (Å²) in [5.41, 5.74) is 7.71. The average molecular weight is 220 g/mol. The fourth-order valence-corrected chi connectivity index (χ4v) is 1.95. The Bertz CT molecular complexity index is 491. The molecule has 0 saturated carbocycles. The van der Waals surface area contributed by atoms with Gasteiger partial charge in [-0.2, -0.15) is 0 Å².